The topological polar surface area (TPSA) is 57.2 Å². The second-order valence-electron chi connectivity index (χ2n) is 3.20. The normalized spacial score (nSPS) is 11.8. The lowest BCUT2D eigenvalue weighted by Gasteiger charge is -2.16. The molecule has 0 saturated heterocycles. The first-order valence-electron chi connectivity index (χ1n) is 4.33. The van der Waals surface area contributed by atoms with Gasteiger partial charge in [0.25, 0.3) is 0 Å². The molecule has 1 unspecified atom stereocenters. The van der Waals surface area contributed by atoms with Crippen LogP contribution >= 0.6 is 0 Å². The van der Waals surface area contributed by atoms with Crippen molar-refractivity contribution in [3.8, 4) is 6.07 Å². The number of rotatable bonds is 4. The summed E-state index contributed by atoms with van der Waals surface area (Å²) in [7, 11) is 1.82. The van der Waals surface area contributed by atoms with Crippen LogP contribution in [0, 0.1) is 17.2 Å². The number of carbonyl (C=O) groups excluding carboxylic acids is 1. The molecule has 0 bridgehead atoms. The van der Waals surface area contributed by atoms with Crippen molar-refractivity contribution in [3.63, 3.8) is 0 Å². The summed E-state index contributed by atoms with van der Waals surface area (Å²) in [5.74, 6) is 0.843. The highest BCUT2D eigenvalue weighted by Gasteiger charge is 2.09. The lowest BCUT2D eigenvalue weighted by Crippen LogP contribution is -2.22. The molecule has 4 nitrogen and oxygen atoms in total. The van der Waals surface area contributed by atoms with Crippen molar-refractivity contribution < 1.29 is 9.21 Å². The Bertz CT molecular complexity index is 351. The molecule has 0 aromatic carbocycles. The predicted molar refractivity (Wildman–Crippen MR) is 52.1 cm³/mol. The van der Waals surface area contributed by atoms with Crippen molar-refractivity contribution in [2.24, 2.45) is 5.92 Å². The maximum absolute atomic E-state index is 10.4. The monoisotopic (exact) mass is 192 g/mol. The van der Waals surface area contributed by atoms with Crippen LogP contribution in [0.25, 0.3) is 0 Å². The summed E-state index contributed by atoms with van der Waals surface area (Å²) in [6.45, 7) is 2.42. The smallest absolute Gasteiger partial charge is 0.196 e. The van der Waals surface area contributed by atoms with E-state index < -0.39 is 0 Å². The molecule has 0 radical (unpaired) electrons. The van der Waals surface area contributed by atoms with E-state index in [1.165, 1.54) is 0 Å². The van der Waals surface area contributed by atoms with Crippen molar-refractivity contribution in [3.05, 3.63) is 17.9 Å². The van der Waals surface area contributed by atoms with Gasteiger partial charge in [-0.1, -0.05) is 0 Å². The van der Waals surface area contributed by atoms with E-state index in [2.05, 4.69) is 6.07 Å². The minimum absolute atomic E-state index is 0.0650. The second-order valence-corrected chi connectivity index (χ2v) is 3.20. The standard InChI is InChI=1S/C10H12N2O2/c1-8(5-11)6-12(2)10-4-3-9(7-13)14-10/h3-4,7-8H,6H2,1-2H3. The van der Waals surface area contributed by atoms with Crippen molar-refractivity contribution in [2.75, 3.05) is 18.5 Å². The molecule has 74 valence electrons. The number of hydrogen-bond donors (Lipinski definition) is 0. The van der Waals surface area contributed by atoms with Gasteiger partial charge in [0.15, 0.2) is 17.9 Å². The van der Waals surface area contributed by atoms with Gasteiger partial charge >= 0.3 is 0 Å². The molecule has 1 aromatic heterocycles. The van der Waals surface area contributed by atoms with Gasteiger partial charge in [0, 0.05) is 19.7 Å². The molecule has 4 heteroatoms. The zero-order valence-electron chi connectivity index (χ0n) is 8.23. The molecule has 14 heavy (non-hydrogen) atoms. The van der Waals surface area contributed by atoms with Gasteiger partial charge in [-0.05, 0) is 13.0 Å². The Morgan fingerprint density at radius 1 is 1.71 bits per heavy atom. The third-order valence-corrected chi connectivity index (χ3v) is 1.87. The van der Waals surface area contributed by atoms with E-state index in [4.69, 9.17) is 9.68 Å². The Hall–Kier alpha value is -1.76. The molecule has 0 aliphatic carbocycles. The molecule has 0 aliphatic rings. The number of nitriles is 1. The number of anilines is 1. The summed E-state index contributed by atoms with van der Waals surface area (Å²) >= 11 is 0. The van der Waals surface area contributed by atoms with Crippen LogP contribution in [0.1, 0.15) is 17.5 Å². The fraction of sp³-hybridized carbons (Fsp3) is 0.400. The fourth-order valence-electron chi connectivity index (χ4n) is 1.15. The fourth-order valence-corrected chi connectivity index (χ4v) is 1.15. The van der Waals surface area contributed by atoms with E-state index in [1.54, 1.807) is 17.0 Å². The van der Waals surface area contributed by atoms with Crippen LogP contribution in [0.2, 0.25) is 0 Å². The maximum atomic E-state index is 10.4. The number of hydrogen-bond acceptors (Lipinski definition) is 4. The van der Waals surface area contributed by atoms with Crippen molar-refractivity contribution >= 4 is 12.2 Å². The number of nitrogens with zero attached hydrogens (tertiary/aromatic N) is 2. The van der Waals surface area contributed by atoms with Crippen LogP contribution in [0.5, 0.6) is 0 Å². The number of carbonyl (C=O) groups is 1. The van der Waals surface area contributed by atoms with Gasteiger partial charge in [-0.3, -0.25) is 4.79 Å². The molecule has 0 amide bonds. The Kier molecular flexibility index (Phi) is 3.29. The van der Waals surface area contributed by atoms with E-state index in [9.17, 15) is 4.79 Å². The van der Waals surface area contributed by atoms with Gasteiger partial charge in [-0.25, -0.2) is 0 Å². The van der Waals surface area contributed by atoms with Crippen LogP contribution in [-0.2, 0) is 0 Å². The van der Waals surface area contributed by atoms with E-state index in [1.807, 2.05) is 14.0 Å². The molecular formula is C10H12N2O2. The minimum atomic E-state index is -0.0650. The molecule has 0 saturated carbocycles. The van der Waals surface area contributed by atoms with E-state index in [0.717, 1.165) is 0 Å². The molecule has 1 rings (SSSR count). The summed E-state index contributed by atoms with van der Waals surface area (Å²) in [4.78, 5) is 12.2. The van der Waals surface area contributed by atoms with Crippen molar-refractivity contribution in [2.45, 2.75) is 6.92 Å². The molecule has 0 fully saturated rings. The van der Waals surface area contributed by atoms with Crippen LogP contribution in [0.3, 0.4) is 0 Å². The zero-order valence-corrected chi connectivity index (χ0v) is 8.23. The Labute approximate surface area is 82.7 Å². The van der Waals surface area contributed by atoms with E-state index in [0.29, 0.717) is 24.5 Å². The highest BCUT2D eigenvalue weighted by molar-refractivity contribution is 5.71. The summed E-state index contributed by atoms with van der Waals surface area (Å²) < 4.78 is 5.19. The Morgan fingerprint density at radius 2 is 2.43 bits per heavy atom. The summed E-state index contributed by atoms with van der Waals surface area (Å²) in [6, 6.07) is 5.46. The van der Waals surface area contributed by atoms with E-state index >= 15 is 0 Å². The van der Waals surface area contributed by atoms with Gasteiger partial charge in [0.1, 0.15) is 0 Å². The summed E-state index contributed by atoms with van der Waals surface area (Å²) in [5, 5.41) is 8.62. The first-order chi connectivity index (χ1) is 6.67. The minimum Gasteiger partial charge on any atom is -0.438 e. The number of furan rings is 1. The summed E-state index contributed by atoms with van der Waals surface area (Å²) in [5.41, 5.74) is 0. The predicted octanol–water partition coefficient (Wildman–Crippen LogP) is 1.69. The van der Waals surface area contributed by atoms with Crippen LogP contribution in [0.4, 0.5) is 5.88 Å². The highest BCUT2D eigenvalue weighted by atomic mass is 16.4. The van der Waals surface area contributed by atoms with E-state index in [-0.39, 0.29) is 5.92 Å². The van der Waals surface area contributed by atoms with Crippen molar-refractivity contribution in [1.82, 2.24) is 0 Å². The van der Waals surface area contributed by atoms with Gasteiger partial charge in [-0.15, -0.1) is 0 Å². The molecule has 0 spiro atoms. The first-order valence-corrected chi connectivity index (χ1v) is 4.33. The third-order valence-electron chi connectivity index (χ3n) is 1.87. The van der Waals surface area contributed by atoms with Crippen molar-refractivity contribution in [1.29, 1.82) is 5.26 Å². The lowest BCUT2D eigenvalue weighted by molar-refractivity contribution is 0.110. The first kappa shape index (κ1) is 10.3. The maximum Gasteiger partial charge on any atom is 0.196 e. The van der Waals surface area contributed by atoms with Gasteiger partial charge in [-0.2, -0.15) is 5.26 Å². The van der Waals surface area contributed by atoms with Gasteiger partial charge in [0.05, 0.1) is 12.0 Å². The largest absolute Gasteiger partial charge is 0.438 e. The Morgan fingerprint density at radius 3 is 2.93 bits per heavy atom. The second kappa shape index (κ2) is 4.47. The van der Waals surface area contributed by atoms with Crippen LogP contribution < -0.4 is 4.90 Å². The van der Waals surface area contributed by atoms with Gasteiger partial charge in [0.2, 0.25) is 0 Å². The summed E-state index contributed by atoms with van der Waals surface area (Å²) in [6.07, 6.45) is 0.658. The SMILES string of the molecule is CC(C#N)CN(C)c1ccc(C=O)o1. The molecule has 0 N–H and O–H groups in total. The molecular weight excluding hydrogens is 180 g/mol. The van der Waals surface area contributed by atoms with Crippen LogP contribution in [-0.4, -0.2) is 19.9 Å². The Balaban J connectivity index is 2.65. The molecule has 1 aromatic rings. The average Bonchev–Trinajstić information content (AvgIpc) is 2.65. The highest BCUT2D eigenvalue weighted by Crippen LogP contribution is 2.16. The van der Waals surface area contributed by atoms with Gasteiger partial charge < -0.3 is 9.32 Å². The lowest BCUT2D eigenvalue weighted by atomic mass is 10.2. The zero-order chi connectivity index (χ0) is 10.6. The quantitative estimate of drug-likeness (QED) is 0.681. The molecule has 1 heterocycles. The molecule has 0 aliphatic heterocycles. The van der Waals surface area contributed by atoms with Crippen LogP contribution in [0.15, 0.2) is 16.5 Å². The third kappa shape index (κ3) is 2.36. The average molecular weight is 192 g/mol. The molecule has 1 atom stereocenters. The number of aldehydes is 1.